The number of hydrogen-bond donors (Lipinski definition) is 2. The van der Waals surface area contributed by atoms with Crippen molar-refractivity contribution >= 4 is 5.96 Å². The molecule has 0 atom stereocenters. The molecule has 0 unspecified atom stereocenters. The number of ether oxygens (including phenoxy) is 1. The van der Waals surface area contributed by atoms with Crippen LogP contribution < -0.4 is 10.6 Å². The van der Waals surface area contributed by atoms with Crippen molar-refractivity contribution in [1.82, 2.24) is 15.5 Å². The van der Waals surface area contributed by atoms with Crippen molar-refractivity contribution < 1.29 is 4.74 Å². The molecule has 0 aromatic heterocycles. The minimum atomic E-state index is 0.709. The highest BCUT2D eigenvalue weighted by atomic mass is 16.5. The van der Waals surface area contributed by atoms with Crippen molar-refractivity contribution in [2.24, 2.45) is 16.8 Å². The largest absolute Gasteiger partial charge is 0.380 e. The fourth-order valence-electron chi connectivity index (χ4n) is 2.95. The van der Waals surface area contributed by atoms with Crippen LogP contribution in [0.2, 0.25) is 0 Å². The lowest BCUT2D eigenvalue weighted by Gasteiger charge is -2.30. The van der Waals surface area contributed by atoms with Gasteiger partial charge in [-0.1, -0.05) is 20.8 Å². The Morgan fingerprint density at radius 3 is 2.54 bits per heavy atom. The lowest BCUT2D eigenvalue weighted by molar-refractivity contribution is 0.128. The summed E-state index contributed by atoms with van der Waals surface area (Å²) in [7, 11) is 0. The molecule has 0 bridgehead atoms. The Balaban J connectivity index is 2.15. The number of rotatable bonds is 11. The summed E-state index contributed by atoms with van der Waals surface area (Å²) in [6.45, 7) is 16.8. The van der Waals surface area contributed by atoms with Crippen LogP contribution >= 0.6 is 0 Å². The fourth-order valence-corrected chi connectivity index (χ4v) is 2.95. The minimum absolute atomic E-state index is 0.709. The Morgan fingerprint density at radius 2 is 1.92 bits per heavy atom. The van der Waals surface area contributed by atoms with Gasteiger partial charge < -0.3 is 20.3 Å². The number of hydrogen-bond acceptors (Lipinski definition) is 3. The Kier molecular flexibility index (Phi) is 11.9. The lowest BCUT2D eigenvalue weighted by atomic mass is 9.94. The molecule has 1 rings (SSSR count). The molecule has 2 N–H and O–H groups in total. The van der Waals surface area contributed by atoms with E-state index >= 15 is 0 Å². The number of aliphatic imine (C=N–C) groups is 1. The summed E-state index contributed by atoms with van der Waals surface area (Å²) in [5, 5.41) is 6.69. The first-order chi connectivity index (χ1) is 11.7. The first kappa shape index (κ1) is 21.2. The van der Waals surface area contributed by atoms with Crippen molar-refractivity contribution in [3.8, 4) is 0 Å². The maximum atomic E-state index is 5.64. The number of piperidine rings is 1. The average molecular weight is 341 g/mol. The van der Waals surface area contributed by atoms with Crippen molar-refractivity contribution in [2.75, 3.05) is 52.5 Å². The molecule has 0 saturated carbocycles. The highest BCUT2D eigenvalue weighted by Gasteiger charge is 2.17. The van der Waals surface area contributed by atoms with E-state index in [1.165, 1.54) is 38.9 Å². The van der Waals surface area contributed by atoms with Crippen LogP contribution in [-0.4, -0.2) is 63.3 Å². The van der Waals surface area contributed by atoms with Gasteiger partial charge in [-0.2, -0.15) is 0 Å². The Morgan fingerprint density at radius 1 is 1.17 bits per heavy atom. The van der Waals surface area contributed by atoms with Crippen LogP contribution in [0.4, 0.5) is 0 Å². The second-order valence-corrected chi connectivity index (χ2v) is 7.15. The summed E-state index contributed by atoms with van der Waals surface area (Å²) in [4.78, 5) is 7.26. The molecular formula is C19H40N4O. The Labute approximate surface area is 149 Å². The molecule has 5 heteroatoms. The van der Waals surface area contributed by atoms with E-state index in [4.69, 9.17) is 9.73 Å². The SMILES string of the molecule is CCNC(=NCCC1CCN(CC)CC1)NCCOCCC(C)C. The smallest absolute Gasteiger partial charge is 0.191 e. The van der Waals surface area contributed by atoms with Gasteiger partial charge in [-0.15, -0.1) is 0 Å². The molecule has 24 heavy (non-hydrogen) atoms. The van der Waals surface area contributed by atoms with Crippen molar-refractivity contribution in [3.05, 3.63) is 0 Å². The van der Waals surface area contributed by atoms with Crippen LogP contribution in [0.25, 0.3) is 0 Å². The highest BCUT2D eigenvalue weighted by Crippen LogP contribution is 2.19. The minimum Gasteiger partial charge on any atom is -0.380 e. The molecule has 0 aliphatic carbocycles. The van der Waals surface area contributed by atoms with Gasteiger partial charge in [0.2, 0.25) is 0 Å². The normalized spacial score (nSPS) is 17.5. The lowest BCUT2D eigenvalue weighted by Crippen LogP contribution is -2.39. The van der Waals surface area contributed by atoms with Crippen LogP contribution in [0.3, 0.4) is 0 Å². The van der Waals surface area contributed by atoms with Gasteiger partial charge in [-0.3, -0.25) is 4.99 Å². The van der Waals surface area contributed by atoms with E-state index in [0.29, 0.717) is 5.92 Å². The van der Waals surface area contributed by atoms with Gasteiger partial charge in [0.15, 0.2) is 5.96 Å². The molecule has 1 fully saturated rings. The zero-order valence-corrected chi connectivity index (χ0v) is 16.4. The zero-order chi connectivity index (χ0) is 17.6. The first-order valence-electron chi connectivity index (χ1n) is 9.97. The quantitative estimate of drug-likeness (QED) is 0.345. The topological polar surface area (TPSA) is 48.9 Å². The third kappa shape index (κ3) is 10.1. The van der Waals surface area contributed by atoms with Crippen LogP contribution in [0.5, 0.6) is 0 Å². The third-order valence-electron chi connectivity index (χ3n) is 4.68. The van der Waals surface area contributed by atoms with Gasteiger partial charge >= 0.3 is 0 Å². The summed E-state index contributed by atoms with van der Waals surface area (Å²) in [6.07, 6.45) is 5.00. The maximum absolute atomic E-state index is 5.64. The molecule has 0 radical (unpaired) electrons. The summed E-state index contributed by atoms with van der Waals surface area (Å²) in [6, 6.07) is 0. The molecule has 0 amide bonds. The first-order valence-corrected chi connectivity index (χ1v) is 9.97. The van der Waals surface area contributed by atoms with Crippen LogP contribution in [0.1, 0.15) is 53.4 Å². The van der Waals surface area contributed by atoms with Gasteiger partial charge in [0.05, 0.1) is 6.61 Å². The van der Waals surface area contributed by atoms with Crippen molar-refractivity contribution in [2.45, 2.75) is 53.4 Å². The van der Waals surface area contributed by atoms with Gasteiger partial charge in [-0.25, -0.2) is 0 Å². The number of guanidine groups is 1. The summed E-state index contributed by atoms with van der Waals surface area (Å²) >= 11 is 0. The van der Waals surface area contributed by atoms with E-state index in [1.54, 1.807) is 0 Å². The van der Waals surface area contributed by atoms with Crippen LogP contribution in [0, 0.1) is 11.8 Å². The fraction of sp³-hybridized carbons (Fsp3) is 0.947. The monoisotopic (exact) mass is 340 g/mol. The van der Waals surface area contributed by atoms with E-state index in [9.17, 15) is 0 Å². The molecular weight excluding hydrogens is 300 g/mol. The Hall–Kier alpha value is -0.810. The average Bonchev–Trinajstić information content (AvgIpc) is 2.58. The highest BCUT2D eigenvalue weighted by molar-refractivity contribution is 5.79. The predicted molar refractivity (Wildman–Crippen MR) is 104 cm³/mol. The number of likely N-dealkylation sites (tertiary alicyclic amines) is 1. The molecule has 1 aliphatic heterocycles. The molecule has 5 nitrogen and oxygen atoms in total. The van der Waals surface area contributed by atoms with Gasteiger partial charge in [0, 0.05) is 26.2 Å². The number of nitrogens with zero attached hydrogens (tertiary/aromatic N) is 2. The second kappa shape index (κ2) is 13.5. The molecule has 1 aliphatic rings. The third-order valence-corrected chi connectivity index (χ3v) is 4.68. The predicted octanol–water partition coefficient (Wildman–Crippen LogP) is 2.73. The van der Waals surface area contributed by atoms with Gasteiger partial charge in [0.25, 0.3) is 0 Å². The van der Waals surface area contributed by atoms with E-state index in [-0.39, 0.29) is 0 Å². The molecule has 0 aromatic carbocycles. The summed E-state index contributed by atoms with van der Waals surface area (Å²) in [5.74, 6) is 2.48. The van der Waals surface area contributed by atoms with E-state index in [2.05, 4.69) is 43.2 Å². The van der Waals surface area contributed by atoms with E-state index < -0.39 is 0 Å². The molecule has 0 spiro atoms. The standard InChI is InChI=1S/C19H40N4O/c1-5-20-19(22-12-16-24-15-10-17(3)4)21-11-7-18-8-13-23(6-2)14-9-18/h17-18H,5-16H2,1-4H3,(H2,20,21,22). The maximum Gasteiger partial charge on any atom is 0.191 e. The van der Waals surface area contributed by atoms with E-state index in [0.717, 1.165) is 51.1 Å². The van der Waals surface area contributed by atoms with Gasteiger partial charge in [0.1, 0.15) is 0 Å². The van der Waals surface area contributed by atoms with Crippen molar-refractivity contribution in [1.29, 1.82) is 0 Å². The molecule has 1 saturated heterocycles. The summed E-state index contributed by atoms with van der Waals surface area (Å²) in [5.41, 5.74) is 0. The Bertz CT molecular complexity index is 325. The second-order valence-electron chi connectivity index (χ2n) is 7.15. The van der Waals surface area contributed by atoms with Crippen LogP contribution in [0.15, 0.2) is 4.99 Å². The number of nitrogens with one attached hydrogen (secondary N) is 2. The van der Waals surface area contributed by atoms with Crippen LogP contribution in [-0.2, 0) is 4.74 Å². The molecule has 142 valence electrons. The summed E-state index contributed by atoms with van der Waals surface area (Å²) < 4.78 is 5.64. The molecule has 1 heterocycles. The van der Waals surface area contributed by atoms with E-state index in [1.807, 2.05) is 0 Å². The molecule has 0 aromatic rings. The van der Waals surface area contributed by atoms with Gasteiger partial charge in [-0.05, 0) is 64.1 Å². The van der Waals surface area contributed by atoms with Crippen molar-refractivity contribution in [3.63, 3.8) is 0 Å². The zero-order valence-electron chi connectivity index (χ0n) is 16.4.